The minimum absolute atomic E-state index is 0.0566. The Morgan fingerprint density at radius 3 is 2.62 bits per heavy atom. The number of aryl methyl sites for hydroxylation is 2. The molecule has 1 aliphatic heterocycles. The Bertz CT molecular complexity index is 1370. The standard InChI is InChI=1S/C29H29N3OS/c1-19-10-8-14-24(20(19)2)30-29(33)32-18-23-22-13-6-7-16-26(22)34-28(23)31-17-9-15-25(31)27(32)21-11-4-3-5-12-21/h3-5,8-12,14-15,17,27H,6-7,13,16,18H2,1-2H3,(H,30,33)/t27-/m0/s1. The molecule has 2 aromatic carbocycles. The van der Waals surface area contributed by atoms with Crippen molar-refractivity contribution in [3.05, 3.63) is 105 Å². The van der Waals surface area contributed by atoms with Crippen LogP contribution in [0.2, 0.25) is 0 Å². The van der Waals surface area contributed by atoms with Crippen LogP contribution in [0.1, 0.15) is 57.3 Å². The Hall–Kier alpha value is -3.31. The number of urea groups is 1. The lowest BCUT2D eigenvalue weighted by Gasteiger charge is -2.31. The zero-order valence-corrected chi connectivity index (χ0v) is 20.5. The second kappa shape index (κ2) is 8.48. The summed E-state index contributed by atoms with van der Waals surface area (Å²) < 4.78 is 2.33. The van der Waals surface area contributed by atoms with Gasteiger partial charge < -0.3 is 14.8 Å². The van der Waals surface area contributed by atoms with Crippen LogP contribution in [0.5, 0.6) is 0 Å². The number of nitrogens with one attached hydrogen (secondary N) is 1. The minimum atomic E-state index is -0.167. The topological polar surface area (TPSA) is 37.3 Å². The van der Waals surface area contributed by atoms with Gasteiger partial charge in [-0.2, -0.15) is 0 Å². The van der Waals surface area contributed by atoms with Crippen LogP contribution >= 0.6 is 11.3 Å². The number of hydrogen-bond donors (Lipinski definition) is 1. The lowest BCUT2D eigenvalue weighted by atomic mass is 9.95. The molecule has 1 aliphatic carbocycles. The van der Waals surface area contributed by atoms with Gasteiger partial charge in [0.25, 0.3) is 0 Å². The predicted molar refractivity (Wildman–Crippen MR) is 139 cm³/mol. The summed E-state index contributed by atoms with van der Waals surface area (Å²) in [6, 6.07) is 20.6. The third-order valence-corrected chi connectivity index (χ3v) is 8.73. The normalized spacial score (nSPS) is 16.9. The summed E-state index contributed by atoms with van der Waals surface area (Å²) in [5.74, 6) is 0. The maximum Gasteiger partial charge on any atom is 0.322 e. The van der Waals surface area contributed by atoms with E-state index in [1.807, 2.05) is 34.4 Å². The van der Waals surface area contributed by atoms with E-state index < -0.39 is 0 Å². The number of carbonyl (C=O) groups is 1. The third kappa shape index (κ3) is 3.46. The van der Waals surface area contributed by atoms with Crippen molar-refractivity contribution in [2.75, 3.05) is 5.32 Å². The van der Waals surface area contributed by atoms with Gasteiger partial charge in [0.15, 0.2) is 0 Å². The van der Waals surface area contributed by atoms with Crippen molar-refractivity contribution >= 4 is 23.1 Å². The summed E-state index contributed by atoms with van der Waals surface area (Å²) in [6.07, 6.45) is 6.92. The maximum atomic E-state index is 14.0. The second-order valence-electron chi connectivity index (χ2n) is 9.42. The molecule has 2 aromatic heterocycles. The molecule has 5 heteroatoms. The molecule has 0 radical (unpaired) electrons. The number of thiophene rings is 1. The molecule has 1 atom stereocenters. The molecule has 1 N–H and O–H groups in total. The number of aromatic nitrogens is 1. The lowest BCUT2D eigenvalue weighted by molar-refractivity contribution is 0.194. The van der Waals surface area contributed by atoms with Crippen LogP contribution in [0.4, 0.5) is 10.5 Å². The quantitative estimate of drug-likeness (QED) is 0.333. The number of hydrogen-bond acceptors (Lipinski definition) is 2. The van der Waals surface area contributed by atoms with Gasteiger partial charge in [-0.05, 0) is 80.0 Å². The number of fused-ring (bicyclic) bond motifs is 5. The van der Waals surface area contributed by atoms with Crippen LogP contribution in [-0.4, -0.2) is 15.5 Å². The maximum absolute atomic E-state index is 14.0. The van der Waals surface area contributed by atoms with E-state index in [1.54, 1.807) is 0 Å². The highest BCUT2D eigenvalue weighted by molar-refractivity contribution is 7.15. The Labute approximate surface area is 204 Å². The van der Waals surface area contributed by atoms with Gasteiger partial charge in [-0.1, -0.05) is 42.5 Å². The van der Waals surface area contributed by atoms with Crippen molar-refractivity contribution in [2.24, 2.45) is 0 Å². The van der Waals surface area contributed by atoms with Crippen molar-refractivity contribution in [3.8, 4) is 5.00 Å². The van der Waals surface area contributed by atoms with Gasteiger partial charge in [0.05, 0.1) is 18.3 Å². The van der Waals surface area contributed by atoms with Crippen LogP contribution in [0.3, 0.4) is 0 Å². The highest BCUT2D eigenvalue weighted by Crippen LogP contribution is 2.44. The van der Waals surface area contributed by atoms with E-state index in [9.17, 15) is 4.79 Å². The van der Waals surface area contributed by atoms with Gasteiger partial charge in [-0.15, -0.1) is 11.3 Å². The number of rotatable bonds is 2. The molecule has 0 saturated heterocycles. The zero-order valence-electron chi connectivity index (χ0n) is 19.7. The Kier molecular flexibility index (Phi) is 5.30. The van der Waals surface area contributed by atoms with Crippen LogP contribution in [0, 0.1) is 13.8 Å². The Morgan fingerprint density at radius 1 is 0.941 bits per heavy atom. The molecule has 0 unspecified atom stereocenters. The predicted octanol–water partition coefficient (Wildman–Crippen LogP) is 7.17. The van der Waals surface area contributed by atoms with Gasteiger partial charge in [0, 0.05) is 22.3 Å². The van der Waals surface area contributed by atoms with Crippen molar-refractivity contribution in [1.29, 1.82) is 0 Å². The average Bonchev–Trinajstić information content (AvgIpc) is 3.44. The molecule has 4 nitrogen and oxygen atoms in total. The van der Waals surface area contributed by atoms with Gasteiger partial charge in [0.1, 0.15) is 5.00 Å². The summed E-state index contributed by atoms with van der Waals surface area (Å²) in [6.45, 7) is 4.76. The van der Waals surface area contributed by atoms with Crippen molar-refractivity contribution in [2.45, 2.75) is 52.1 Å². The SMILES string of the molecule is Cc1cccc(NC(=O)N2Cc3c(sc4c3CCCC4)-n3cccc3[C@@H]2c2ccccc2)c1C. The fourth-order valence-electron chi connectivity index (χ4n) is 5.45. The van der Waals surface area contributed by atoms with Gasteiger partial charge in [0.2, 0.25) is 0 Å². The summed E-state index contributed by atoms with van der Waals surface area (Å²) >= 11 is 1.92. The Morgan fingerprint density at radius 2 is 1.76 bits per heavy atom. The first kappa shape index (κ1) is 21.2. The fourth-order valence-corrected chi connectivity index (χ4v) is 6.85. The number of carbonyl (C=O) groups excluding carboxylic acids is 1. The first-order chi connectivity index (χ1) is 16.6. The summed E-state index contributed by atoms with van der Waals surface area (Å²) in [5, 5.41) is 4.54. The van der Waals surface area contributed by atoms with Crippen LogP contribution in [-0.2, 0) is 19.4 Å². The van der Waals surface area contributed by atoms with E-state index in [2.05, 4.69) is 72.4 Å². The highest BCUT2D eigenvalue weighted by atomic mass is 32.1. The van der Waals surface area contributed by atoms with Gasteiger partial charge in [-0.25, -0.2) is 4.79 Å². The van der Waals surface area contributed by atoms with E-state index in [0.717, 1.165) is 35.3 Å². The molecule has 2 amide bonds. The average molecular weight is 468 g/mol. The van der Waals surface area contributed by atoms with Crippen LogP contribution in [0.15, 0.2) is 66.9 Å². The highest BCUT2D eigenvalue weighted by Gasteiger charge is 2.36. The Balaban J connectivity index is 1.50. The summed E-state index contributed by atoms with van der Waals surface area (Å²) in [5.41, 5.74) is 8.23. The summed E-state index contributed by atoms with van der Waals surface area (Å²) in [4.78, 5) is 17.5. The minimum Gasteiger partial charge on any atom is -0.310 e. The summed E-state index contributed by atoms with van der Waals surface area (Å²) in [7, 11) is 0. The molecule has 6 rings (SSSR count). The zero-order chi connectivity index (χ0) is 23.2. The van der Waals surface area contributed by atoms with E-state index in [1.165, 1.54) is 39.4 Å². The third-order valence-electron chi connectivity index (χ3n) is 7.40. The van der Waals surface area contributed by atoms with E-state index in [4.69, 9.17) is 0 Å². The number of nitrogens with zero attached hydrogens (tertiary/aromatic N) is 2. The van der Waals surface area contributed by atoms with Gasteiger partial charge in [-0.3, -0.25) is 0 Å². The van der Waals surface area contributed by atoms with Crippen molar-refractivity contribution < 1.29 is 4.79 Å². The monoisotopic (exact) mass is 467 g/mol. The molecule has 0 fully saturated rings. The van der Waals surface area contributed by atoms with Crippen LogP contribution < -0.4 is 5.32 Å². The van der Waals surface area contributed by atoms with E-state index in [0.29, 0.717) is 6.54 Å². The fraction of sp³-hybridized carbons (Fsp3) is 0.276. The molecule has 2 aliphatic rings. The number of benzene rings is 2. The van der Waals surface area contributed by atoms with E-state index in [-0.39, 0.29) is 12.1 Å². The molecule has 0 spiro atoms. The van der Waals surface area contributed by atoms with Gasteiger partial charge >= 0.3 is 6.03 Å². The molecule has 3 heterocycles. The molecule has 0 bridgehead atoms. The lowest BCUT2D eigenvalue weighted by Crippen LogP contribution is -2.38. The molecular weight excluding hydrogens is 438 g/mol. The molecule has 172 valence electrons. The number of anilines is 1. The first-order valence-corrected chi connectivity index (χ1v) is 12.9. The second-order valence-corrected chi connectivity index (χ2v) is 10.5. The van der Waals surface area contributed by atoms with E-state index >= 15 is 0 Å². The van der Waals surface area contributed by atoms with Crippen LogP contribution in [0.25, 0.3) is 5.00 Å². The molecule has 0 saturated carbocycles. The largest absolute Gasteiger partial charge is 0.322 e. The first-order valence-electron chi connectivity index (χ1n) is 12.1. The van der Waals surface area contributed by atoms with Crippen molar-refractivity contribution in [1.82, 2.24) is 9.47 Å². The molecular formula is C29H29N3OS. The molecule has 34 heavy (non-hydrogen) atoms. The smallest absolute Gasteiger partial charge is 0.310 e. The van der Waals surface area contributed by atoms with Crippen molar-refractivity contribution in [3.63, 3.8) is 0 Å². The number of amides is 2. The molecule has 4 aromatic rings.